The molecule has 0 saturated carbocycles. The largest absolute Gasteiger partial charge is 0.376 e. The van der Waals surface area contributed by atoms with Gasteiger partial charge in [-0.2, -0.15) is 0 Å². The lowest BCUT2D eigenvalue weighted by Crippen LogP contribution is -2.49. The van der Waals surface area contributed by atoms with Gasteiger partial charge in [0.15, 0.2) is 0 Å². The number of carbonyl (C=O) groups excluding carboxylic acids is 2. The van der Waals surface area contributed by atoms with E-state index in [1.807, 2.05) is 60.7 Å². The maximum Gasteiger partial charge on any atom is 0.242 e. The summed E-state index contributed by atoms with van der Waals surface area (Å²) in [5, 5.41) is 2.96. The van der Waals surface area contributed by atoms with Crippen LogP contribution in [0.2, 0.25) is 0 Å². The normalized spacial score (nSPS) is 16.9. The van der Waals surface area contributed by atoms with Crippen LogP contribution in [-0.4, -0.2) is 42.0 Å². The van der Waals surface area contributed by atoms with Crippen LogP contribution in [0.4, 0.5) is 0 Å². The van der Waals surface area contributed by atoms with Gasteiger partial charge in [0.25, 0.3) is 0 Å². The molecule has 5 heteroatoms. The third kappa shape index (κ3) is 6.43. The molecule has 5 nitrogen and oxygen atoms in total. The predicted octanol–water partition coefficient (Wildman–Crippen LogP) is 3.33. The molecule has 2 atom stereocenters. The van der Waals surface area contributed by atoms with E-state index in [2.05, 4.69) is 5.32 Å². The van der Waals surface area contributed by atoms with Crippen molar-refractivity contribution in [3.8, 4) is 0 Å². The van der Waals surface area contributed by atoms with Gasteiger partial charge in [-0.3, -0.25) is 9.59 Å². The average molecular weight is 395 g/mol. The van der Waals surface area contributed by atoms with Crippen molar-refractivity contribution in [3.63, 3.8) is 0 Å². The van der Waals surface area contributed by atoms with Crippen LogP contribution in [-0.2, 0) is 27.3 Å². The number of amides is 2. The number of carbonyl (C=O) groups is 2. The van der Waals surface area contributed by atoms with Gasteiger partial charge in [0.05, 0.1) is 6.10 Å². The molecule has 1 heterocycles. The zero-order valence-corrected chi connectivity index (χ0v) is 17.0. The molecule has 1 aliphatic heterocycles. The zero-order valence-electron chi connectivity index (χ0n) is 17.0. The van der Waals surface area contributed by atoms with Crippen molar-refractivity contribution in [2.45, 2.75) is 51.3 Å². The Labute approximate surface area is 173 Å². The fourth-order valence-corrected chi connectivity index (χ4v) is 3.57. The second kappa shape index (κ2) is 10.8. The minimum atomic E-state index is -0.542. The van der Waals surface area contributed by atoms with Crippen molar-refractivity contribution in [1.82, 2.24) is 10.2 Å². The van der Waals surface area contributed by atoms with Gasteiger partial charge in [0.2, 0.25) is 11.8 Å². The van der Waals surface area contributed by atoms with Crippen molar-refractivity contribution in [1.29, 1.82) is 0 Å². The number of nitrogens with zero attached hydrogens (tertiary/aromatic N) is 1. The molecular formula is C24H30N2O3. The number of nitrogens with one attached hydrogen (secondary N) is 1. The Morgan fingerprint density at radius 1 is 1.07 bits per heavy atom. The third-order valence-corrected chi connectivity index (χ3v) is 5.36. The molecule has 29 heavy (non-hydrogen) atoms. The molecule has 154 valence electrons. The summed E-state index contributed by atoms with van der Waals surface area (Å²) in [6.07, 6.45) is 3.13. The predicted molar refractivity (Wildman–Crippen MR) is 113 cm³/mol. The smallest absolute Gasteiger partial charge is 0.242 e. The van der Waals surface area contributed by atoms with Crippen LogP contribution in [0.1, 0.15) is 37.3 Å². The Morgan fingerprint density at radius 2 is 1.72 bits per heavy atom. The van der Waals surface area contributed by atoms with Gasteiger partial charge in [-0.05, 0) is 37.3 Å². The van der Waals surface area contributed by atoms with E-state index in [4.69, 9.17) is 4.74 Å². The molecule has 1 N–H and O–H groups in total. The fourth-order valence-electron chi connectivity index (χ4n) is 3.57. The van der Waals surface area contributed by atoms with Crippen LogP contribution < -0.4 is 5.32 Å². The van der Waals surface area contributed by atoms with E-state index in [1.54, 1.807) is 11.8 Å². The molecule has 1 saturated heterocycles. The molecule has 0 unspecified atom stereocenters. The molecule has 1 aliphatic rings. The Morgan fingerprint density at radius 3 is 2.34 bits per heavy atom. The molecule has 3 rings (SSSR count). The van der Waals surface area contributed by atoms with Crippen molar-refractivity contribution in [3.05, 3.63) is 71.8 Å². The highest BCUT2D eigenvalue weighted by molar-refractivity contribution is 5.87. The molecule has 1 fully saturated rings. The van der Waals surface area contributed by atoms with E-state index < -0.39 is 6.04 Å². The highest BCUT2D eigenvalue weighted by Crippen LogP contribution is 2.14. The van der Waals surface area contributed by atoms with Gasteiger partial charge < -0.3 is 15.0 Å². The van der Waals surface area contributed by atoms with Crippen LogP contribution in [0.25, 0.3) is 0 Å². The molecule has 0 radical (unpaired) electrons. The zero-order chi connectivity index (χ0) is 20.5. The van der Waals surface area contributed by atoms with E-state index in [9.17, 15) is 9.59 Å². The Hall–Kier alpha value is -2.66. The second-order valence-electron chi connectivity index (χ2n) is 7.55. The maximum atomic E-state index is 13.0. The number of hydrogen-bond donors (Lipinski definition) is 1. The van der Waals surface area contributed by atoms with Crippen molar-refractivity contribution < 1.29 is 14.3 Å². The first-order valence-corrected chi connectivity index (χ1v) is 10.4. The summed E-state index contributed by atoms with van der Waals surface area (Å²) in [6, 6.07) is 19.2. The topological polar surface area (TPSA) is 58.6 Å². The minimum absolute atomic E-state index is 0.0162. The second-order valence-corrected chi connectivity index (χ2v) is 7.55. The van der Waals surface area contributed by atoms with Gasteiger partial charge in [-0.1, -0.05) is 60.7 Å². The van der Waals surface area contributed by atoms with Crippen LogP contribution in [0.15, 0.2) is 60.7 Å². The molecule has 0 aromatic heterocycles. The van der Waals surface area contributed by atoms with Crippen LogP contribution >= 0.6 is 0 Å². The minimum Gasteiger partial charge on any atom is -0.376 e. The molecule has 0 aliphatic carbocycles. The third-order valence-electron chi connectivity index (χ3n) is 5.36. The highest BCUT2D eigenvalue weighted by Gasteiger charge is 2.27. The highest BCUT2D eigenvalue weighted by atomic mass is 16.5. The number of rotatable bonds is 9. The Bertz CT molecular complexity index is 773. The Kier molecular flexibility index (Phi) is 7.82. The van der Waals surface area contributed by atoms with Gasteiger partial charge in [0, 0.05) is 26.1 Å². The van der Waals surface area contributed by atoms with E-state index >= 15 is 0 Å². The van der Waals surface area contributed by atoms with E-state index in [-0.39, 0.29) is 17.9 Å². The quantitative estimate of drug-likeness (QED) is 0.710. The van der Waals surface area contributed by atoms with Crippen LogP contribution in [0, 0.1) is 0 Å². The van der Waals surface area contributed by atoms with Gasteiger partial charge in [-0.25, -0.2) is 0 Å². The number of ether oxygens (including phenoxy) is 1. The Balaban J connectivity index is 1.63. The summed E-state index contributed by atoms with van der Waals surface area (Å²) in [7, 11) is 0. The summed E-state index contributed by atoms with van der Waals surface area (Å²) in [6.45, 7) is 3.48. The maximum absolute atomic E-state index is 13.0. The SMILES string of the molecule is C[C@H](C(=O)NC[C@@H]1CCCO1)N(Cc1ccccc1)C(=O)CCc1ccccc1. The number of hydrogen-bond acceptors (Lipinski definition) is 3. The number of aryl methyl sites for hydroxylation is 1. The van der Waals surface area contributed by atoms with Crippen molar-refractivity contribution in [2.75, 3.05) is 13.2 Å². The summed E-state index contributed by atoms with van der Waals surface area (Å²) >= 11 is 0. The lowest BCUT2D eigenvalue weighted by Gasteiger charge is -2.29. The molecule has 0 bridgehead atoms. The summed E-state index contributed by atoms with van der Waals surface area (Å²) < 4.78 is 5.58. The van der Waals surface area contributed by atoms with Crippen LogP contribution in [0.5, 0.6) is 0 Å². The summed E-state index contributed by atoms with van der Waals surface area (Å²) in [5.41, 5.74) is 2.13. The molecule has 2 aromatic rings. The lowest BCUT2D eigenvalue weighted by molar-refractivity contribution is -0.140. The molecule has 2 amide bonds. The number of benzene rings is 2. The lowest BCUT2D eigenvalue weighted by atomic mass is 10.1. The molecular weight excluding hydrogens is 364 g/mol. The first-order chi connectivity index (χ1) is 14.1. The van der Waals surface area contributed by atoms with E-state index in [1.165, 1.54) is 0 Å². The van der Waals surface area contributed by atoms with Gasteiger partial charge in [0.1, 0.15) is 6.04 Å². The van der Waals surface area contributed by atoms with Gasteiger partial charge >= 0.3 is 0 Å². The van der Waals surface area contributed by atoms with Crippen molar-refractivity contribution >= 4 is 11.8 Å². The average Bonchev–Trinajstić information content (AvgIpc) is 3.29. The molecule has 0 spiro atoms. The monoisotopic (exact) mass is 394 g/mol. The van der Waals surface area contributed by atoms with Gasteiger partial charge in [-0.15, -0.1) is 0 Å². The summed E-state index contributed by atoms with van der Waals surface area (Å²) in [5.74, 6) is -0.151. The fraction of sp³-hybridized carbons (Fsp3) is 0.417. The standard InChI is InChI=1S/C24H30N2O3/c1-19(24(28)25-17-22-13-8-16-29-22)26(18-21-11-6-3-7-12-21)23(27)15-14-20-9-4-2-5-10-20/h2-7,9-12,19,22H,8,13-18H2,1H3,(H,25,28)/t19-,22+/m1/s1. The van der Waals surface area contributed by atoms with E-state index in [0.29, 0.717) is 25.9 Å². The van der Waals surface area contributed by atoms with Crippen LogP contribution in [0.3, 0.4) is 0 Å². The van der Waals surface area contributed by atoms with E-state index in [0.717, 1.165) is 30.6 Å². The summed E-state index contributed by atoms with van der Waals surface area (Å²) in [4.78, 5) is 27.5. The molecule has 2 aromatic carbocycles. The first kappa shape index (κ1) is 21.1. The van der Waals surface area contributed by atoms with Crippen molar-refractivity contribution in [2.24, 2.45) is 0 Å². The first-order valence-electron chi connectivity index (χ1n) is 10.4.